The van der Waals surface area contributed by atoms with Crippen LogP contribution in [-0.2, 0) is 11.3 Å². The van der Waals surface area contributed by atoms with Crippen molar-refractivity contribution < 1.29 is 9.18 Å². The SMILES string of the molecule is CN1C(=NC2CCCCC2)SCC1CC(=O)NCc1ccc(F)cc1. The molecular weight excluding hydrogens is 337 g/mol. The summed E-state index contributed by atoms with van der Waals surface area (Å²) in [6.45, 7) is 0.436. The molecule has 2 aliphatic rings. The molecule has 1 atom stereocenters. The molecule has 3 rings (SSSR count). The second-order valence-electron chi connectivity index (χ2n) is 6.89. The summed E-state index contributed by atoms with van der Waals surface area (Å²) in [5.41, 5.74) is 0.906. The lowest BCUT2D eigenvalue weighted by molar-refractivity contribution is -0.121. The van der Waals surface area contributed by atoms with Crippen LogP contribution in [0.5, 0.6) is 0 Å². The highest BCUT2D eigenvalue weighted by Gasteiger charge is 2.29. The Morgan fingerprint density at radius 2 is 2.00 bits per heavy atom. The number of hydrogen-bond donors (Lipinski definition) is 1. The summed E-state index contributed by atoms with van der Waals surface area (Å²) in [6, 6.07) is 6.88. The molecule has 1 aromatic carbocycles. The van der Waals surface area contributed by atoms with E-state index < -0.39 is 0 Å². The smallest absolute Gasteiger partial charge is 0.222 e. The standard InChI is InChI=1S/C19H26FN3OS/c1-23-17(13-25-19(23)22-16-5-3-2-4-6-16)11-18(24)21-12-14-7-9-15(20)10-8-14/h7-10,16-17H,2-6,11-13H2,1H3,(H,21,24). The molecule has 1 aliphatic heterocycles. The van der Waals surface area contributed by atoms with Gasteiger partial charge in [0.25, 0.3) is 0 Å². The number of carbonyl (C=O) groups is 1. The third-order valence-corrected chi connectivity index (χ3v) is 6.15. The Hall–Kier alpha value is -1.56. The number of hydrogen-bond acceptors (Lipinski definition) is 3. The molecule has 0 radical (unpaired) electrons. The highest BCUT2D eigenvalue weighted by molar-refractivity contribution is 8.14. The van der Waals surface area contributed by atoms with E-state index in [1.807, 2.05) is 7.05 Å². The van der Waals surface area contributed by atoms with Crippen LogP contribution in [0.15, 0.2) is 29.3 Å². The van der Waals surface area contributed by atoms with Crippen LogP contribution in [0, 0.1) is 5.82 Å². The van der Waals surface area contributed by atoms with Gasteiger partial charge >= 0.3 is 0 Å². The van der Waals surface area contributed by atoms with Crippen molar-refractivity contribution in [2.45, 2.75) is 57.2 Å². The molecule has 1 saturated carbocycles. The van der Waals surface area contributed by atoms with Crippen LogP contribution < -0.4 is 5.32 Å². The Balaban J connectivity index is 1.46. The average Bonchev–Trinajstić information content (AvgIpc) is 2.95. The zero-order valence-corrected chi connectivity index (χ0v) is 15.5. The zero-order chi connectivity index (χ0) is 17.6. The molecule has 136 valence electrons. The lowest BCUT2D eigenvalue weighted by Gasteiger charge is -2.23. The zero-order valence-electron chi connectivity index (χ0n) is 14.7. The molecule has 1 N–H and O–H groups in total. The molecule has 1 aliphatic carbocycles. The fourth-order valence-corrected chi connectivity index (χ4v) is 4.58. The van der Waals surface area contributed by atoms with Gasteiger partial charge in [-0.05, 0) is 30.5 Å². The van der Waals surface area contributed by atoms with E-state index in [-0.39, 0.29) is 17.8 Å². The first-order valence-corrected chi connectivity index (χ1v) is 10.0. The molecule has 0 aromatic heterocycles. The van der Waals surface area contributed by atoms with Crippen molar-refractivity contribution in [3.05, 3.63) is 35.6 Å². The highest BCUT2D eigenvalue weighted by atomic mass is 32.2. The number of aliphatic imine (C=N–C) groups is 1. The van der Waals surface area contributed by atoms with E-state index in [1.165, 1.54) is 44.2 Å². The summed E-state index contributed by atoms with van der Waals surface area (Å²) in [5, 5.41) is 4.01. The maximum atomic E-state index is 12.9. The lowest BCUT2D eigenvalue weighted by atomic mass is 9.96. The van der Waals surface area contributed by atoms with Gasteiger partial charge in [-0.3, -0.25) is 9.79 Å². The van der Waals surface area contributed by atoms with Gasteiger partial charge in [-0.15, -0.1) is 0 Å². The van der Waals surface area contributed by atoms with Gasteiger partial charge in [-0.2, -0.15) is 0 Å². The second-order valence-corrected chi connectivity index (χ2v) is 7.87. The van der Waals surface area contributed by atoms with Crippen molar-refractivity contribution in [1.29, 1.82) is 0 Å². The lowest BCUT2D eigenvalue weighted by Crippen LogP contribution is -2.36. The maximum absolute atomic E-state index is 12.9. The van der Waals surface area contributed by atoms with E-state index in [4.69, 9.17) is 4.99 Å². The monoisotopic (exact) mass is 363 g/mol. The van der Waals surface area contributed by atoms with Crippen molar-refractivity contribution in [3.8, 4) is 0 Å². The van der Waals surface area contributed by atoms with Gasteiger partial charge < -0.3 is 10.2 Å². The minimum Gasteiger partial charge on any atom is -0.352 e. The van der Waals surface area contributed by atoms with Crippen molar-refractivity contribution in [1.82, 2.24) is 10.2 Å². The molecule has 1 heterocycles. The summed E-state index contributed by atoms with van der Waals surface area (Å²) in [5.74, 6) is 0.677. The normalized spacial score (nSPS) is 23.2. The van der Waals surface area contributed by atoms with Gasteiger partial charge in [-0.1, -0.05) is 43.2 Å². The Kier molecular flexibility index (Phi) is 6.34. The van der Waals surface area contributed by atoms with Crippen LogP contribution in [0.25, 0.3) is 0 Å². The summed E-state index contributed by atoms with van der Waals surface area (Å²) in [4.78, 5) is 19.3. The third kappa shape index (κ3) is 5.21. The first-order chi connectivity index (χ1) is 12.1. The number of nitrogens with one attached hydrogen (secondary N) is 1. The molecular formula is C19H26FN3OS. The Morgan fingerprint density at radius 3 is 2.72 bits per heavy atom. The van der Waals surface area contributed by atoms with Crippen LogP contribution in [-0.4, -0.2) is 40.9 Å². The van der Waals surface area contributed by atoms with E-state index in [0.717, 1.165) is 16.5 Å². The summed E-state index contributed by atoms with van der Waals surface area (Å²) < 4.78 is 12.9. The molecule has 1 saturated heterocycles. The van der Waals surface area contributed by atoms with E-state index in [2.05, 4.69) is 10.2 Å². The van der Waals surface area contributed by atoms with E-state index in [9.17, 15) is 9.18 Å². The number of rotatable bonds is 5. The maximum Gasteiger partial charge on any atom is 0.222 e. The summed E-state index contributed by atoms with van der Waals surface area (Å²) in [6.07, 6.45) is 6.76. The van der Waals surface area contributed by atoms with Crippen molar-refractivity contribution in [2.75, 3.05) is 12.8 Å². The second kappa shape index (κ2) is 8.70. The van der Waals surface area contributed by atoms with Gasteiger partial charge in [0.2, 0.25) is 5.91 Å². The molecule has 2 fully saturated rings. The number of thioether (sulfide) groups is 1. The number of amidine groups is 1. The summed E-state index contributed by atoms with van der Waals surface area (Å²) >= 11 is 1.76. The van der Waals surface area contributed by atoms with Gasteiger partial charge in [0.05, 0.1) is 6.04 Å². The van der Waals surface area contributed by atoms with Crippen LogP contribution in [0.3, 0.4) is 0 Å². The summed E-state index contributed by atoms with van der Waals surface area (Å²) in [7, 11) is 2.04. The van der Waals surface area contributed by atoms with Gasteiger partial charge in [-0.25, -0.2) is 4.39 Å². The Morgan fingerprint density at radius 1 is 1.28 bits per heavy atom. The Labute approximate surface area is 153 Å². The molecule has 1 amide bonds. The van der Waals surface area contributed by atoms with Gasteiger partial charge in [0, 0.05) is 31.8 Å². The molecule has 0 spiro atoms. The first-order valence-electron chi connectivity index (χ1n) is 9.06. The molecule has 1 unspecified atom stereocenters. The molecule has 4 nitrogen and oxygen atoms in total. The third-order valence-electron chi connectivity index (χ3n) is 4.95. The molecule has 0 bridgehead atoms. The van der Waals surface area contributed by atoms with Crippen LogP contribution in [0.4, 0.5) is 4.39 Å². The van der Waals surface area contributed by atoms with Crippen LogP contribution in [0.2, 0.25) is 0 Å². The van der Waals surface area contributed by atoms with Crippen molar-refractivity contribution in [2.24, 2.45) is 4.99 Å². The molecule has 25 heavy (non-hydrogen) atoms. The van der Waals surface area contributed by atoms with E-state index in [1.54, 1.807) is 23.9 Å². The van der Waals surface area contributed by atoms with Gasteiger partial charge in [0.1, 0.15) is 5.82 Å². The van der Waals surface area contributed by atoms with Crippen LogP contribution >= 0.6 is 11.8 Å². The largest absolute Gasteiger partial charge is 0.352 e. The minimum atomic E-state index is -0.260. The fraction of sp³-hybridized carbons (Fsp3) is 0.579. The molecule has 6 heteroatoms. The number of nitrogens with zero attached hydrogens (tertiary/aromatic N) is 2. The van der Waals surface area contributed by atoms with Crippen molar-refractivity contribution in [3.63, 3.8) is 0 Å². The predicted octanol–water partition coefficient (Wildman–Crippen LogP) is 3.57. The highest BCUT2D eigenvalue weighted by Crippen LogP contribution is 2.28. The predicted molar refractivity (Wildman–Crippen MR) is 101 cm³/mol. The minimum absolute atomic E-state index is 0.0284. The van der Waals surface area contributed by atoms with Crippen LogP contribution in [0.1, 0.15) is 44.1 Å². The number of amides is 1. The average molecular weight is 364 g/mol. The first kappa shape index (κ1) is 18.2. The van der Waals surface area contributed by atoms with Gasteiger partial charge in [0.15, 0.2) is 5.17 Å². The topological polar surface area (TPSA) is 44.7 Å². The molecule has 1 aromatic rings. The number of benzene rings is 1. The van der Waals surface area contributed by atoms with Crippen molar-refractivity contribution >= 4 is 22.8 Å². The quantitative estimate of drug-likeness (QED) is 0.870. The fourth-order valence-electron chi connectivity index (χ4n) is 3.32. The number of carbonyl (C=O) groups excluding carboxylic acids is 1. The van der Waals surface area contributed by atoms with E-state index in [0.29, 0.717) is 19.0 Å². The number of halogens is 1. The Bertz CT molecular complexity index is 614. The van der Waals surface area contributed by atoms with E-state index >= 15 is 0 Å².